The average molecular weight is 330 g/mol. The molecule has 0 amide bonds. The number of benzene rings is 2. The van der Waals surface area contributed by atoms with E-state index >= 15 is 0 Å². The van der Waals surface area contributed by atoms with Crippen molar-refractivity contribution in [2.75, 3.05) is 5.73 Å². The van der Waals surface area contributed by atoms with Crippen molar-refractivity contribution in [3.63, 3.8) is 0 Å². The maximum absolute atomic E-state index is 13.4. The van der Waals surface area contributed by atoms with Crippen LogP contribution >= 0.6 is 27.7 Å². The van der Waals surface area contributed by atoms with E-state index in [1.165, 1.54) is 23.9 Å². The second-order valence-corrected chi connectivity index (χ2v) is 5.59. The summed E-state index contributed by atoms with van der Waals surface area (Å²) in [5.41, 5.74) is 7.32. The van der Waals surface area contributed by atoms with E-state index in [-0.39, 0.29) is 0 Å². The lowest BCUT2D eigenvalue weighted by Gasteiger charge is -2.06. The van der Waals surface area contributed by atoms with E-state index < -0.39 is 11.6 Å². The molecule has 5 heteroatoms. The van der Waals surface area contributed by atoms with Crippen LogP contribution in [-0.2, 0) is 5.75 Å². The molecule has 18 heavy (non-hydrogen) atoms. The van der Waals surface area contributed by atoms with Gasteiger partial charge in [0, 0.05) is 26.9 Å². The smallest absolute Gasteiger partial charge is 0.139 e. The normalized spacial score (nSPS) is 10.6. The lowest BCUT2D eigenvalue weighted by atomic mass is 10.2. The first kappa shape index (κ1) is 13.4. The van der Waals surface area contributed by atoms with Gasteiger partial charge in [-0.1, -0.05) is 22.0 Å². The summed E-state index contributed by atoms with van der Waals surface area (Å²) in [6.45, 7) is 0. The third kappa shape index (κ3) is 3.23. The standard InChI is InChI=1S/C13H10BrF2NS/c14-11-6-10(17)3-1-8(11)7-18-13-4-2-9(15)5-12(13)16/h1-6H,7,17H2. The molecule has 0 heterocycles. The van der Waals surface area contributed by atoms with Crippen LogP contribution in [0.1, 0.15) is 5.56 Å². The fraction of sp³-hybridized carbons (Fsp3) is 0.0769. The Kier molecular flexibility index (Phi) is 4.24. The molecular formula is C13H10BrF2NS. The van der Waals surface area contributed by atoms with E-state index in [4.69, 9.17) is 5.73 Å². The maximum Gasteiger partial charge on any atom is 0.139 e. The molecule has 2 N–H and O–H groups in total. The third-order valence-corrected chi connectivity index (χ3v) is 4.19. The maximum atomic E-state index is 13.4. The summed E-state index contributed by atoms with van der Waals surface area (Å²) in [6, 6.07) is 9.07. The minimum Gasteiger partial charge on any atom is -0.399 e. The Hall–Kier alpha value is -1.07. The zero-order valence-corrected chi connectivity index (χ0v) is 11.7. The third-order valence-electron chi connectivity index (χ3n) is 2.35. The molecule has 0 spiro atoms. The van der Waals surface area contributed by atoms with E-state index in [2.05, 4.69) is 15.9 Å². The first-order valence-electron chi connectivity index (χ1n) is 5.18. The number of rotatable bonds is 3. The molecule has 0 atom stereocenters. The number of hydrogen-bond donors (Lipinski definition) is 1. The van der Waals surface area contributed by atoms with Gasteiger partial charge in [-0.05, 0) is 29.8 Å². The summed E-state index contributed by atoms with van der Waals surface area (Å²) in [7, 11) is 0. The zero-order chi connectivity index (χ0) is 13.1. The zero-order valence-electron chi connectivity index (χ0n) is 9.29. The number of hydrogen-bond acceptors (Lipinski definition) is 2. The van der Waals surface area contributed by atoms with Gasteiger partial charge in [-0.15, -0.1) is 11.8 Å². The van der Waals surface area contributed by atoms with Gasteiger partial charge in [-0.3, -0.25) is 0 Å². The molecule has 0 saturated carbocycles. The van der Waals surface area contributed by atoms with E-state index in [1.807, 2.05) is 6.07 Å². The topological polar surface area (TPSA) is 26.0 Å². The minimum absolute atomic E-state index is 0.431. The lowest BCUT2D eigenvalue weighted by Crippen LogP contribution is -1.89. The van der Waals surface area contributed by atoms with Gasteiger partial charge in [0.1, 0.15) is 11.6 Å². The van der Waals surface area contributed by atoms with E-state index in [9.17, 15) is 8.78 Å². The molecule has 0 fully saturated rings. The Morgan fingerprint density at radius 2 is 1.89 bits per heavy atom. The molecule has 0 aromatic heterocycles. The van der Waals surface area contributed by atoms with E-state index in [0.717, 1.165) is 16.1 Å². The highest BCUT2D eigenvalue weighted by molar-refractivity contribution is 9.10. The van der Waals surface area contributed by atoms with Crippen LogP contribution in [0.2, 0.25) is 0 Å². The van der Waals surface area contributed by atoms with Crippen LogP contribution in [0.25, 0.3) is 0 Å². The van der Waals surface area contributed by atoms with Crippen LogP contribution in [0, 0.1) is 11.6 Å². The van der Waals surface area contributed by atoms with Crippen molar-refractivity contribution in [1.82, 2.24) is 0 Å². The first-order chi connectivity index (χ1) is 8.56. The van der Waals surface area contributed by atoms with Gasteiger partial charge in [0.2, 0.25) is 0 Å². The van der Waals surface area contributed by atoms with Gasteiger partial charge in [0.15, 0.2) is 0 Å². The summed E-state index contributed by atoms with van der Waals surface area (Å²) < 4.78 is 27.1. The van der Waals surface area contributed by atoms with Crippen molar-refractivity contribution in [3.8, 4) is 0 Å². The van der Waals surface area contributed by atoms with E-state index in [1.54, 1.807) is 12.1 Å². The summed E-state index contributed by atoms with van der Waals surface area (Å²) in [5, 5.41) is 0. The van der Waals surface area contributed by atoms with Gasteiger partial charge in [-0.2, -0.15) is 0 Å². The molecule has 2 rings (SSSR count). The Bertz CT molecular complexity index is 523. The Balaban J connectivity index is 2.11. The van der Waals surface area contributed by atoms with E-state index in [0.29, 0.717) is 16.3 Å². The predicted molar refractivity (Wildman–Crippen MR) is 74.5 cm³/mol. The highest BCUT2D eigenvalue weighted by atomic mass is 79.9. The molecule has 0 aliphatic carbocycles. The number of nitrogen functional groups attached to an aromatic ring is 1. The molecular weight excluding hydrogens is 320 g/mol. The Morgan fingerprint density at radius 3 is 2.56 bits per heavy atom. The Labute approximate surface area is 117 Å². The SMILES string of the molecule is Nc1ccc(CSc2ccc(F)cc2F)c(Br)c1. The largest absolute Gasteiger partial charge is 0.399 e. The minimum atomic E-state index is -0.564. The molecule has 0 aliphatic rings. The van der Waals surface area contributed by atoms with Gasteiger partial charge < -0.3 is 5.73 Å². The highest BCUT2D eigenvalue weighted by Gasteiger charge is 2.06. The molecule has 0 aliphatic heterocycles. The van der Waals surface area contributed by atoms with Gasteiger partial charge in [0.25, 0.3) is 0 Å². The van der Waals surface area contributed by atoms with Crippen LogP contribution in [0.4, 0.5) is 14.5 Å². The average Bonchev–Trinajstić information content (AvgIpc) is 2.30. The van der Waals surface area contributed by atoms with Crippen molar-refractivity contribution in [1.29, 1.82) is 0 Å². The first-order valence-corrected chi connectivity index (χ1v) is 6.96. The summed E-state index contributed by atoms with van der Waals surface area (Å²) in [5.74, 6) is -0.513. The van der Waals surface area contributed by atoms with Gasteiger partial charge >= 0.3 is 0 Å². The lowest BCUT2D eigenvalue weighted by molar-refractivity contribution is 0.565. The number of thioether (sulfide) groups is 1. The summed E-state index contributed by atoms with van der Waals surface area (Å²) >= 11 is 4.72. The van der Waals surface area contributed by atoms with Crippen molar-refractivity contribution < 1.29 is 8.78 Å². The van der Waals surface area contributed by atoms with Crippen LogP contribution in [0.15, 0.2) is 45.8 Å². The number of halogens is 3. The van der Waals surface area contributed by atoms with Gasteiger partial charge in [0.05, 0.1) is 0 Å². The second kappa shape index (κ2) is 5.71. The molecule has 0 radical (unpaired) electrons. The van der Waals surface area contributed by atoms with Crippen molar-refractivity contribution in [2.45, 2.75) is 10.6 Å². The predicted octanol–water partition coefficient (Wildman–Crippen LogP) is 4.60. The number of anilines is 1. The molecule has 2 aromatic rings. The molecule has 0 saturated heterocycles. The fourth-order valence-corrected chi connectivity index (χ4v) is 3.07. The molecule has 0 unspecified atom stereocenters. The van der Waals surface area contributed by atoms with Crippen LogP contribution < -0.4 is 5.73 Å². The van der Waals surface area contributed by atoms with Gasteiger partial charge in [-0.25, -0.2) is 8.78 Å². The molecule has 0 bridgehead atoms. The van der Waals surface area contributed by atoms with Crippen molar-refractivity contribution in [2.24, 2.45) is 0 Å². The number of nitrogens with two attached hydrogens (primary N) is 1. The monoisotopic (exact) mass is 329 g/mol. The molecule has 94 valence electrons. The van der Waals surface area contributed by atoms with Crippen molar-refractivity contribution >= 4 is 33.4 Å². The second-order valence-electron chi connectivity index (χ2n) is 3.71. The van der Waals surface area contributed by atoms with Crippen molar-refractivity contribution in [3.05, 3.63) is 58.1 Å². The molecule has 2 aromatic carbocycles. The van der Waals surface area contributed by atoms with Crippen LogP contribution in [0.3, 0.4) is 0 Å². The highest BCUT2D eigenvalue weighted by Crippen LogP contribution is 2.29. The quantitative estimate of drug-likeness (QED) is 0.657. The van der Waals surface area contributed by atoms with Crippen LogP contribution in [-0.4, -0.2) is 0 Å². The summed E-state index contributed by atoms with van der Waals surface area (Å²) in [4.78, 5) is 0.431. The molecule has 1 nitrogen and oxygen atoms in total. The summed E-state index contributed by atoms with van der Waals surface area (Å²) in [6.07, 6.45) is 0. The fourth-order valence-electron chi connectivity index (χ4n) is 1.43. The Morgan fingerprint density at radius 1 is 1.11 bits per heavy atom. The van der Waals surface area contributed by atoms with Crippen LogP contribution in [0.5, 0.6) is 0 Å².